The van der Waals surface area contributed by atoms with E-state index in [2.05, 4.69) is 49.3 Å². The maximum atomic E-state index is 10.8. The van der Waals surface area contributed by atoms with Gasteiger partial charge in [-0.05, 0) is 57.2 Å². The lowest BCUT2D eigenvalue weighted by Crippen LogP contribution is -2.30. The van der Waals surface area contributed by atoms with Gasteiger partial charge in [-0.3, -0.25) is 4.79 Å². The third-order valence-electron chi connectivity index (χ3n) is 4.50. The van der Waals surface area contributed by atoms with Gasteiger partial charge in [-0.1, -0.05) is 30.3 Å². The van der Waals surface area contributed by atoms with Crippen LogP contribution in [0, 0.1) is 11.8 Å². The van der Waals surface area contributed by atoms with Gasteiger partial charge in [0, 0.05) is 12.5 Å². The second-order valence-corrected chi connectivity index (χ2v) is 6.20. The summed E-state index contributed by atoms with van der Waals surface area (Å²) in [6.07, 6.45) is 4.71. The molecular formula is C17H25NO2. The van der Waals surface area contributed by atoms with Crippen molar-refractivity contribution in [1.82, 2.24) is 4.90 Å². The van der Waals surface area contributed by atoms with Gasteiger partial charge in [-0.15, -0.1) is 0 Å². The van der Waals surface area contributed by atoms with E-state index in [4.69, 9.17) is 5.11 Å². The van der Waals surface area contributed by atoms with E-state index in [1.54, 1.807) is 0 Å². The Morgan fingerprint density at radius 3 is 2.30 bits per heavy atom. The van der Waals surface area contributed by atoms with E-state index in [1.807, 2.05) is 0 Å². The van der Waals surface area contributed by atoms with E-state index in [9.17, 15) is 4.79 Å². The molecule has 0 spiro atoms. The predicted molar refractivity (Wildman–Crippen MR) is 80.6 cm³/mol. The number of carboxylic acids is 1. The molecule has 1 aliphatic carbocycles. The van der Waals surface area contributed by atoms with Crippen molar-refractivity contribution in [3.8, 4) is 0 Å². The van der Waals surface area contributed by atoms with Gasteiger partial charge in [0.05, 0.1) is 0 Å². The zero-order valence-corrected chi connectivity index (χ0v) is 12.5. The smallest absolute Gasteiger partial charge is 0.303 e. The monoisotopic (exact) mass is 275 g/mol. The van der Waals surface area contributed by atoms with Crippen LogP contribution in [0.4, 0.5) is 0 Å². The molecule has 1 unspecified atom stereocenters. The molecule has 0 amide bonds. The molecule has 20 heavy (non-hydrogen) atoms. The van der Waals surface area contributed by atoms with E-state index in [0.29, 0.717) is 24.3 Å². The van der Waals surface area contributed by atoms with Gasteiger partial charge in [0.15, 0.2) is 0 Å². The molecule has 0 aliphatic heterocycles. The molecule has 1 atom stereocenters. The SMILES string of the molecule is CN(C)C(c1ccccc1)C1CCC(CC(=O)O)CC1. The van der Waals surface area contributed by atoms with E-state index in [1.165, 1.54) is 5.56 Å². The predicted octanol–water partition coefficient (Wildman–Crippen LogP) is 3.57. The van der Waals surface area contributed by atoms with Gasteiger partial charge in [-0.25, -0.2) is 0 Å². The van der Waals surface area contributed by atoms with Crippen molar-refractivity contribution >= 4 is 5.97 Å². The van der Waals surface area contributed by atoms with Crippen molar-refractivity contribution in [2.45, 2.75) is 38.1 Å². The van der Waals surface area contributed by atoms with Gasteiger partial charge < -0.3 is 10.0 Å². The highest BCUT2D eigenvalue weighted by molar-refractivity contribution is 5.67. The minimum Gasteiger partial charge on any atom is -0.481 e. The van der Waals surface area contributed by atoms with Crippen molar-refractivity contribution in [3.05, 3.63) is 35.9 Å². The average Bonchev–Trinajstić information content (AvgIpc) is 2.41. The zero-order valence-electron chi connectivity index (χ0n) is 12.5. The first-order valence-corrected chi connectivity index (χ1v) is 7.51. The Kier molecular flexibility index (Phi) is 5.18. The highest BCUT2D eigenvalue weighted by atomic mass is 16.4. The van der Waals surface area contributed by atoms with Crippen molar-refractivity contribution in [2.75, 3.05) is 14.1 Å². The van der Waals surface area contributed by atoms with E-state index in [0.717, 1.165) is 25.7 Å². The Balaban J connectivity index is 2.01. The Morgan fingerprint density at radius 1 is 1.20 bits per heavy atom. The number of benzene rings is 1. The largest absolute Gasteiger partial charge is 0.481 e. The molecule has 1 N–H and O–H groups in total. The lowest BCUT2D eigenvalue weighted by Gasteiger charge is -2.37. The van der Waals surface area contributed by atoms with Crippen LogP contribution in [-0.4, -0.2) is 30.1 Å². The molecule has 3 heteroatoms. The molecule has 1 fully saturated rings. The summed E-state index contributed by atoms with van der Waals surface area (Å²) >= 11 is 0. The minimum absolute atomic E-state index is 0.338. The van der Waals surface area contributed by atoms with E-state index >= 15 is 0 Å². The Bertz CT molecular complexity index is 422. The second kappa shape index (κ2) is 6.89. The molecule has 0 radical (unpaired) electrons. The van der Waals surface area contributed by atoms with Crippen LogP contribution in [0.15, 0.2) is 30.3 Å². The second-order valence-electron chi connectivity index (χ2n) is 6.20. The Morgan fingerprint density at radius 2 is 1.80 bits per heavy atom. The summed E-state index contributed by atoms with van der Waals surface area (Å²) in [5.41, 5.74) is 1.37. The van der Waals surface area contributed by atoms with Gasteiger partial charge >= 0.3 is 5.97 Å². The van der Waals surface area contributed by atoms with Gasteiger partial charge in [0.1, 0.15) is 0 Å². The van der Waals surface area contributed by atoms with Gasteiger partial charge in [-0.2, -0.15) is 0 Å². The van der Waals surface area contributed by atoms with Crippen LogP contribution >= 0.6 is 0 Å². The molecule has 3 nitrogen and oxygen atoms in total. The summed E-state index contributed by atoms with van der Waals surface area (Å²) in [6, 6.07) is 11.1. The van der Waals surface area contributed by atoms with Crippen molar-refractivity contribution in [3.63, 3.8) is 0 Å². The summed E-state index contributed by atoms with van der Waals surface area (Å²) in [6.45, 7) is 0. The molecule has 110 valence electrons. The third kappa shape index (κ3) is 3.83. The lowest BCUT2D eigenvalue weighted by molar-refractivity contribution is -0.138. The summed E-state index contributed by atoms with van der Waals surface area (Å²) < 4.78 is 0. The lowest BCUT2D eigenvalue weighted by atomic mass is 9.75. The average molecular weight is 275 g/mol. The first kappa shape index (κ1) is 15.0. The fourth-order valence-electron chi connectivity index (χ4n) is 3.60. The van der Waals surface area contributed by atoms with E-state index < -0.39 is 5.97 Å². The number of aliphatic carboxylic acids is 1. The highest BCUT2D eigenvalue weighted by Gasteiger charge is 2.30. The Labute approximate surface area is 121 Å². The van der Waals surface area contributed by atoms with Crippen LogP contribution in [0.1, 0.15) is 43.7 Å². The standard InChI is InChI=1S/C17H25NO2/c1-18(2)17(14-6-4-3-5-7-14)15-10-8-13(9-11-15)12-16(19)20/h3-7,13,15,17H,8-12H2,1-2H3,(H,19,20). The topological polar surface area (TPSA) is 40.5 Å². The maximum absolute atomic E-state index is 10.8. The molecule has 0 aromatic heterocycles. The number of hydrogen-bond acceptors (Lipinski definition) is 2. The summed E-state index contributed by atoms with van der Waals surface area (Å²) in [4.78, 5) is 13.1. The molecule has 0 heterocycles. The van der Waals surface area contributed by atoms with E-state index in [-0.39, 0.29) is 0 Å². The number of hydrogen-bond donors (Lipinski definition) is 1. The molecule has 1 aromatic carbocycles. The number of nitrogens with zero attached hydrogens (tertiary/aromatic N) is 1. The molecule has 1 aliphatic rings. The fourth-order valence-corrected chi connectivity index (χ4v) is 3.60. The third-order valence-corrected chi connectivity index (χ3v) is 4.50. The van der Waals surface area contributed by atoms with Crippen LogP contribution in [0.5, 0.6) is 0 Å². The quantitative estimate of drug-likeness (QED) is 0.893. The maximum Gasteiger partial charge on any atom is 0.303 e. The molecule has 0 bridgehead atoms. The summed E-state index contributed by atoms with van der Waals surface area (Å²) in [5, 5.41) is 8.90. The Hall–Kier alpha value is -1.35. The number of carboxylic acid groups (broad SMARTS) is 1. The molecule has 0 saturated heterocycles. The molecule has 2 rings (SSSR count). The first-order chi connectivity index (χ1) is 9.58. The zero-order chi connectivity index (χ0) is 14.5. The summed E-state index contributed by atoms with van der Waals surface area (Å²) in [5.74, 6) is 0.362. The van der Waals surface area contributed by atoms with Crippen LogP contribution < -0.4 is 0 Å². The fraction of sp³-hybridized carbons (Fsp3) is 0.588. The molecular weight excluding hydrogens is 250 g/mol. The molecule has 1 saturated carbocycles. The minimum atomic E-state index is -0.652. The normalized spacial score (nSPS) is 24.6. The van der Waals surface area contributed by atoms with Crippen molar-refractivity contribution < 1.29 is 9.90 Å². The highest BCUT2D eigenvalue weighted by Crippen LogP contribution is 2.40. The van der Waals surface area contributed by atoms with Crippen LogP contribution in [0.25, 0.3) is 0 Å². The van der Waals surface area contributed by atoms with Crippen LogP contribution in [-0.2, 0) is 4.79 Å². The van der Waals surface area contributed by atoms with Crippen molar-refractivity contribution in [1.29, 1.82) is 0 Å². The first-order valence-electron chi connectivity index (χ1n) is 7.51. The number of carbonyl (C=O) groups is 1. The van der Waals surface area contributed by atoms with Gasteiger partial charge in [0.25, 0.3) is 0 Å². The number of rotatable bonds is 5. The van der Waals surface area contributed by atoms with Crippen LogP contribution in [0.3, 0.4) is 0 Å². The van der Waals surface area contributed by atoms with Crippen LogP contribution in [0.2, 0.25) is 0 Å². The van der Waals surface area contributed by atoms with Crippen molar-refractivity contribution in [2.24, 2.45) is 11.8 Å². The van der Waals surface area contributed by atoms with Gasteiger partial charge in [0.2, 0.25) is 0 Å². The molecule has 1 aromatic rings. The summed E-state index contributed by atoms with van der Waals surface area (Å²) in [7, 11) is 4.28.